The summed E-state index contributed by atoms with van der Waals surface area (Å²) in [6.45, 7) is 2.99. The third kappa shape index (κ3) is 7.17. The maximum atomic E-state index is 11.0. The molecule has 1 saturated carbocycles. The Kier molecular flexibility index (Phi) is 8.46. The molecule has 2 aromatic heterocycles. The number of carboxylic acid groups (broad SMARTS) is 1. The molecule has 1 aliphatic rings. The monoisotopic (exact) mass is 510 g/mol. The van der Waals surface area contributed by atoms with Crippen LogP contribution in [0.4, 0.5) is 0 Å². The lowest BCUT2D eigenvalue weighted by Gasteiger charge is -2.28. The Hall–Kier alpha value is -2.71. The predicted molar refractivity (Wildman–Crippen MR) is 147 cm³/mol. The summed E-state index contributed by atoms with van der Waals surface area (Å²) in [6, 6.07) is 12.7. The van der Waals surface area contributed by atoms with Gasteiger partial charge in [0.2, 0.25) is 0 Å². The second kappa shape index (κ2) is 11.6. The van der Waals surface area contributed by atoms with Crippen LogP contribution >= 0.6 is 10.0 Å². The predicted octanol–water partition coefficient (Wildman–Crippen LogP) is 5.73. The van der Waals surface area contributed by atoms with Crippen molar-refractivity contribution in [2.75, 3.05) is 31.1 Å². The molecule has 0 aliphatic heterocycles. The lowest BCUT2D eigenvalue weighted by Crippen LogP contribution is -2.16. The van der Waals surface area contributed by atoms with Crippen LogP contribution in [0.2, 0.25) is 0 Å². The summed E-state index contributed by atoms with van der Waals surface area (Å²) in [6.07, 6.45) is 13.1. The normalized spacial score (nSPS) is 18.8. The topological polar surface area (TPSA) is 90.1 Å². The number of ether oxygens (including phenoxy) is 1. The standard InChI is InChI=1S/C28H38N4O3S/c1-20-30-28(32(31-20)19-35-15-16-36(2,3)4)25-13-14-26(29-18-25)24-11-9-23(10-12-24)22-7-5-21(6-8-22)17-27(33)34/h9-14,18,21-22H,5-8,15-17,19H2,1-4H3,(H,33,34)/t21-,22-. The first-order valence-corrected chi connectivity index (χ1v) is 15.6. The molecule has 1 N–H and O–H groups in total. The Balaban J connectivity index is 1.38. The van der Waals surface area contributed by atoms with Gasteiger partial charge in [0, 0.05) is 29.5 Å². The quantitative estimate of drug-likeness (QED) is 0.350. The minimum atomic E-state index is -0.679. The summed E-state index contributed by atoms with van der Waals surface area (Å²) >= 11 is 0. The Morgan fingerprint density at radius 3 is 2.36 bits per heavy atom. The van der Waals surface area contributed by atoms with Crippen molar-refractivity contribution < 1.29 is 14.6 Å². The second-order valence-corrected chi connectivity index (χ2v) is 15.3. The molecule has 36 heavy (non-hydrogen) atoms. The van der Waals surface area contributed by atoms with Gasteiger partial charge in [0.05, 0.1) is 12.3 Å². The Morgan fingerprint density at radius 1 is 1.06 bits per heavy atom. The van der Waals surface area contributed by atoms with Gasteiger partial charge in [-0.1, -0.05) is 24.3 Å². The van der Waals surface area contributed by atoms with Gasteiger partial charge in [-0.2, -0.15) is 5.10 Å². The Labute approximate surface area is 215 Å². The molecule has 8 heteroatoms. The average Bonchev–Trinajstić information content (AvgIpc) is 3.22. The smallest absolute Gasteiger partial charge is 0.303 e. The molecular weight excluding hydrogens is 472 g/mol. The van der Waals surface area contributed by atoms with Crippen molar-refractivity contribution in [1.29, 1.82) is 0 Å². The number of pyridine rings is 1. The highest BCUT2D eigenvalue weighted by molar-refractivity contribution is 8.32. The van der Waals surface area contributed by atoms with E-state index in [2.05, 4.69) is 53.1 Å². The first kappa shape index (κ1) is 26.4. The summed E-state index contributed by atoms with van der Waals surface area (Å²) in [7, 11) is -0.582. The number of carboxylic acids is 1. The van der Waals surface area contributed by atoms with E-state index < -0.39 is 16.0 Å². The lowest BCUT2D eigenvalue weighted by molar-refractivity contribution is -0.138. The molecule has 0 unspecified atom stereocenters. The van der Waals surface area contributed by atoms with E-state index in [0.717, 1.165) is 54.1 Å². The van der Waals surface area contributed by atoms with Crippen molar-refractivity contribution in [2.45, 2.75) is 51.7 Å². The van der Waals surface area contributed by atoms with Crippen LogP contribution in [-0.2, 0) is 16.3 Å². The van der Waals surface area contributed by atoms with Crippen LogP contribution in [0, 0.1) is 12.8 Å². The molecule has 0 spiro atoms. The minimum absolute atomic E-state index is 0.300. The first-order chi connectivity index (χ1) is 17.2. The molecule has 194 valence electrons. The molecule has 1 fully saturated rings. The first-order valence-electron chi connectivity index (χ1n) is 12.6. The SMILES string of the molecule is Cc1nc(-c2ccc(-c3ccc([C@H]4CC[C@H](CC(=O)O)CC4)cc3)nc2)n(COCCS(C)(C)C)n1. The summed E-state index contributed by atoms with van der Waals surface area (Å²) in [4.78, 5) is 20.3. The van der Waals surface area contributed by atoms with Gasteiger partial charge in [0.1, 0.15) is 12.6 Å². The fraction of sp³-hybridized carbons (Fsp3) is 0.500. The molecule has 0 radical (unpaired) electrons. The van der Waals surface area contributed by atoms with Crippen LogP contribution in [0.1, 0.15) is 49.4 Å². The number of aliphatic carboxylic acids is 1. The zero-order valence-corrected chi connectivity index (χ0v) is 22.6. The number of nitrogens with zero attached hydrogens (tertiary/aromatic N) is 4. The van der Waals surface area contributed by atoms with Crippen LogP contribution in [-0.4, -0.2) is 62.0 Å². The van der Waals surface area contributed by atoms with Crippen LogP contribution < -0.4 is 0 Å². The molecule has 1 aromatic carbocycles. The molecule has 0 amide bonds. The van der Waals surface area contributed by atoms with Gasteiger partial charge in [-0.3, -0.25) is 9.78 Å². The summed E-state index contributed by atoms with van der Waals surface area (Å²) in [5.74, 6) is 2.71. The molecule has 0 saturated heterocycles. The maximum Gasteiger partial charge on any atom is 0.303 e. The van der Waals surface area contributed by atoms with Crippen molar-refractivity contribution >= 4 is 16.0 Å². The van der Waals surface area contributed by atoms with Crippen molar-refractivity contribution in [2.24, 2.45) is 5.92 Å². The second-order valence-electron chi connectivity index (χ2n) is 10.7. The molecule has 4 rings (SSSR count). The molecule has 2 heterocycles. The average molecular weight is 511 g/mol. The highest BCUT2D eigenvalue weighted by Gasteiger charge is 2.24. The van der Waals surface area contributed by atoms with E-state index >= 15 is 0 Å². The number of aryl methyl sites for hydroxylation is 1. The summed E-state index contributed by atoms with van der Waals surface area (Å²) < 4.78 is 7.69. The Morgan fingerprint density at radius 2 is 1.75 bits per heavy atom. The van der Waals surface area contributed by atoms with Crippen LogP contribution in [0.3, 0.4) is 0 Å². The van der Waals surface area contributed by atoms with Crippen LogP contribution in [0.5, 0.6) is 0 Å². The highest BCUT2D eigenvalue weighted by atomic mass is 32.3. The number of aromatic nitrogens is 4. The fourth-order valence-electron chi connectivity index (χ4n) is 4.79. The van der Waals surface area contributed by atoms with Gasteiger partial charge in [0.15, 0.2) is 5.82 Å². The van der Waals surface area contributed by atoms with E-state index in [1.54, 1.807) is 0 Å². The van der Waals surface area contributed by atoms with Crippen molar-refractivity contribution in [3.8, 4) is 22.6 Å². The molecular formula is C28H38N4O3S. The van der Waals surface area contributed by atoms with E-state index in [4.69, 9.17) is 14.8 Å². The number of hydrogen-bond acceptors (Lipinski definition) is 5. The van der Waals surface area contributed by atoms with Crippen molar-refractivity contribution in [3.63, 3.8) is 0 Å². The van der Waals surface area contributed by atoms with Gasteiger partial charge in [-0.05, 0) is 80.9 Å². The molecule has 1 aliphatic carbocycles. The third-order valence-corrected chi connectivity index (χ3v) is 8.23. The van der Waals surface area contributed by atoms with E-state index in [9.17, 15) is 4.79 Å². The number of rotatable bonds is 10. The van der Waals surface area contributed by atoms with Gasteiger partial charge >= 0.3 is 5.97 Å². The summed E-state index contributed by atoms with van der Waals surface area (Å²) in [5.41, 5.74) is 4.25. The van der Waals surface area contributed by atoms with Crippen molar-refractivity contribution in [1.82, 2.24) is 19.7 Å². The van der Waals surface area contributed by atoms with Gasteiger partial charge in [0.25, 0.3) is 0 Å². The van der Waals surface area contributed by atoms with E-state index in [1.165, 1.54) is 5.56 Å². The molecule has 0 atom stereocenters. The zero-order valence-electron chi connectivity index (χ0n) is 21.8. The van der Waals surface area contributed by atoms with Gasteiger partial charge in [-0.15, -0.1) is 0 Å². The van der Waals surface area contributed by atoms with Gasteiger partial charge in [-0.25, -0.2) is 19.7 Å². The zero-order chi connectivity index (χ0) is 25.7. The maximum absolute atomic E-state index is 11.0. The Bertz CT molecular complexity index is 1150. The molecule has 0 bridgehead atoms. The van der Waals surface area contributed by atoms with E-state index in [0.29, 0.717) is 37.4 Å². The van der Waals surface area contributed by atoms with Crippen LogP contribution in [0.15, 0.2) is 42.6 Å². The number of hydrogen-bond donors (Lipinski definition) is 1. The lowest BCUT2D eigenvalue weighted by atomic mass is 9.77. The highest BCUT2D eigenvalue weighted by Crippen LogP contribution is 2.37. The molecule has 3 aromatic rings. The summed E-state index contributed by atoms with van der Waals surface area (Å²) in [5, 5.41) is 13.5. The van der Waals surface area contributed by atoms with Gasteiger partial charge < -0.3 is 9.84 Å². The van der Waals surface area contributed by atoms with E-state index in [1.807, 2.05) is 29.9 Å². The largest absolute Gasteiger partial charge is 0.481 e. The van der Waals surface area contributed by atoms with Crippen LogP contribution in [0.25, 0.3) is 22.6 Å². The van der Waals surface area contributed by atoms with E-state index in [-0.39, 0.29) is 0 Å². The van der Waals surface area contributed by atoms with Crippen molar-refractivity contribution in [3.05, 3.63) is 54.0 Å². The molecule has 7 nitrogen and oxygen atoms in total. The number of carbonyl (C=O) groups is 1. The number of benzene rings is 1. The fourth-order valence-corrected chi connectivity index (χ4v) is 5.41. The minimum Gasteiger partial charge on any atom is -0.481 e. The third-order valence-electron chi connectivity index (χ3n) is 6.84.